The van der Waals surface area contributed by atoms with Crippen molar-refractivity contribution in [2.45, 2.75) is 4.90 Å². The van der Waals surface area contributed by atoms with E-state index in [0.717, 1.165) is 0 Å². The number of primary sulfonamides is 1. The van der Waals surface area contributed by atoms with Gasteiger partial charge in [0, 0.05) is 13.2 Å². The van der Waals surface area contributed by atoms with E-state index < -0.39 is 16.1 Å². The van der Waals surface area contributed by atoms with E-state index in [-0.39, 0.29) is 10.7 Å². The van der Waals surface area contributed by atoms with Gasteiger partial charge >= 0.3 is 6.03 Å². The fourth-order valence-electron chi connectivity index (χ4n) is 1.59. The van der Waals surface area contributed by atoms with Gasteiger partial charge in [-0.05, 0) is 12.1 Å². The van der Waals surface area contributed by atoms with Gasteiger partial charge in [-0.25, -0.2) is 18.4 Å². The molecule has 1 aromatic heterocycles. The molecule has 21 heavy (non-hydrogen) atoms. The van der Waals surface area contributed by atoms with E-state index in [2.05, 4.69) is 15.7 Å². The maximum atomic E-state index is 11.9. The number of hydrogen-bond acceptors (Lipinski definition) is 4. The number of anilines is 2. The van der Waals surface area contributed by atoms with E-state index in [0.29, 0.717) is 10.7 Å². The Morgan fingerprint density at radius 1 is 1.33 bits per heavy atom. The quantitative estimate of drug-likeness (QED) is 0.787. The van der Waals surface area contributed by atoms with Gasteiger partial charge in [-0.1, -0.05) is 23.7 Å². The second-order valence-corrected chi connectivity index (χ2v) is 6.06. The van der Waals surface area contributed by atoms with Crippen molar-refractivity contribution in [2.75, 3.05) is 10.6 Å². The lowest BCUT2D eigenvalue weighted by Gasteiger charge is -2.07. The third-order valence-electron chi connectivity index (χ3n) is 2.46. The van der Waals surface area contributed by atoms with Crippen molar-refractivity contribution in [1.82, 2.24) is 9.78 Å². The Balaban J connectivity index is 2.20. The molecule has 8 nitrogen and oxygen atoms in total. The third kappa shape index (κ3) is 3.72. The highest BCUT2D eigenvalue weighted by atomic mass is 35.5. The van der Waals surface area contributed by atoms with Crippen LogP contribution in [-0.2, 0) is 17.1 Å². The molecule has 1 aromatic carbocycles. The Hall–Kier alpha value is -2.10. The molecule has 0 aliphatic heterocycles. The molecule has 10 heteroatoms. The lowest BCUT2D eigenvalue weighted by Crippen LogP contribution is -2.22. The molecular weight excluding hydrogens is 318 g/mol. The van der Waals surface area contributed by atoms with Gasteiger partial charge in [0.05, 0.1) is 10.7 Å². The van der Waals surface area contributed by atoms with Gasteiger partial charge in [-0.2, -0.15) is 5.10 Å². The summed E-state index contributed by atoms with van der Waals surface area (Å²) in [5.74, 6) is -0.162. The van der Waals surface area contributed by atoms with Crippen LogP contribution in [-0.4, -0.2) is 24.2 Å². The molecule has 0 radical (unpaired) electrons. The van der Waals surface area contributed by atoms with Crippen molar-refractivity contribution >= 4 is 39.2 Å². The monoisotopic (exact) mass is 329 g/mol. The molecule has 0 unspecified atom stereocenters. The van der Waals surface area contributed by atoms with Crippen molar-refractivity contribution in [2.24, 2.45) is 12.2 Å². The van der Waals surface area contributed by atoms with E-state index >= 15 is 0 Å². The maximum absolute atomic E-state index is 11.9. The summed E-state index contributed by atoms with van der Waals surface area (Å²) in [5, 5.41) is 14.0. The lowest BCUT2D eigenvalue weighted by atomic mass is 10.3. The summed E-state index contributed by atoms with van der Waals surface area (Å²) < 4.78 is 24.0. The Bertz CT molecular complexity index is 787. The number of rotatable bonds is 3. The zero-order valence-electron chi connectivity index (χ0n) is 10.9. The number of amides is 2. The van der Waals surface area contributed by atoms with Crippen molar-refractivity contribution in [3.8, 4) is 0 Å². The van der Waals surface area contributed by atoms with Crippen LogP contribution in [0.25, 0.3) is 0 Å². The van der Waals surface area contributed by atoms with E-state index in [1.165, 1.54) is 17.9 Å². The first kappa shape index (κ1) is 15.3. The van der Waals surface area contributed by atoms with E-state index in [9.17, 15) is 13.2 Å². The molecule has 1 heterocycles. The highest BCUT2D eigenvalue weighted by Crippen LogP contribution is 2.21. The van der Waals surface area contributed by atoms with Crippen LogP contribution < -0.4 is 15.8 Å². The van der Waals surface area contributed by atoms with Crippen LogP contribution in [0, 0.1) is 0 Å². The summed E-state index contributed by atoms with van der Waals surface area (Å²) in [6.07, 6.45) is 1.19. The van der Waals surface area contributed by atoms with E-state index in [1.54, 1.807) is 24.3 Å². The standard InChI is InChI=1S/C11H12ClN5O3S/c1-17-6-9(21(13,19)20)10(16-17)15-11(18)14-8-5-3-2-4-7(8)12/h2-6H,1H3,(H2,13,19,20)(H2,14,15,16,18). The first-order chi connectivity index (χ1) is 9.77. The average Bonchev–Trinajstić information content (AvgIpc) is 2.73. The number of halogens is 1. The first-order valence-corrected chi connectivity index (χ1v) is 7.59. The zero-order chi connectivity index (χ0) is 15.6. The van der Waals surface area contributed by atoms with Crippen molar-refractivity contribution in [1.29, 1.82) is 0 Å². The minimum atomic E-state index is -3.99. The molecule has 0 aliphatic rings. The van der Waals surface area contributed by atoms with Crippen LogP contribution in [0.15, 0.2) is 35.4 Å². The van der Waals surface area contributed by atoms with E-state index in [1.807, 2.05) is 0 Å². The highest BCUT2D eigenvalue weighted by molar-refractivity contribution is 7.89. The molecular formula is C11H12ClN5O3S. The molecule has 2 rings (SSSR count). The number of aryl methyl sites for hydroxylation is 1. The normalized spacial score (nSPS) is 11.2. The smallest absolute Gasteiger partial charge is 0.306 e. The predicted molar refractivity (Wildman–Crippen MR) is 78.7 cm³/mol. The molecule has 112 valence electrons. The van der Waals surface area contributed by atoms with Crippen LogP contribution in [0.5, 0.6) is 0 Å². The number of nitrogens with one attached hydrogen (secondary N) is 2. The summed E-state index contributed by atoms with van der Waals surface area (Å²) in [6, 6.07) is 5.92. The summed E-state index contributed by atoms with van der Waals surface area (Å²) in [7, 11) is -2.49. The van der Waals surface area contributed by atoms with Gasteiger partial charge in [0.1, 0.15) is 4.90 Å². The molecule has 0 atom stereocenters. The lowest BCUT2D eigenvalue weighted by molar-refractivity contribution is 0.262. The number of benzene rings is 1. The Kier molecular flexibility index (Phi) is 4.16. The van der Waals surface area contributed by atoms with Crippen LogP contribution in [0.1, 0.15) is 0 Å². The number of carbonyl (C=O) groups is 1. The molecule has 0 saturated carbocycles. The fraction of sp³-hybridized carbons (Fsp3) is 0.0909. The van der Waals surface area contributed by atoms with Gasteiger partial charge in [-0.15, -0.1) is 0 Å². The second-order valence-electron chi connectivity index (χ2n) is 4.12. The highest BCUT2D eigenvalue weighted by Gasteiger charge is 2.20. The topological polar surface area (TPSA) is 119 Å². The summed E-state index contributed by atoms with van der Waals surface area (Å²) >= 11 is 5.90. The van der Waals surface area contributed by atoms with E-state index in [4.69, 9.17) is 16.7 Å². The molecule has 4 N–H and O–H groups in total. The van der Waals surface area contributed by atoms with Gasteiger partial charge in [0.15, 0.2) is 5.82 Å². The molecule has 0 aliphatic carbocycles. The van der Waals surface area contributed by atoms with Crippen LogP contribution in [0.2, 0.25) is 5.02 Å². The minimum absolute atomic E-state index is 0.162. The van der Waals surface area contributed by atoms with Gasteiger partial charge < -0.3 is 5.32 Å². The maximum Gasteiger partial charge on any atom is 0.324 e. The number of carbonyl (C=O) groups excluding carboxylic acids is 1. The number of nitrogens with two attached hydrogens (primary N) is 1. The average molecular weight is 330 g/mol. The summed E-state index contributed by atoms with van der Waals surface area (Å²) in [5.41, 5.74) is 0.379. The largest absolute Gasteiger partial charge is 0.324 e. The van der Waals surface area contributed by atoms with Crippen LogP contribution in [0.4, 0.5) is 16.3 Å². The number of urea groups is 1. The Morgan fingerprint density at radius 3 is 2.62 bits per heavy atom. The number of sulfonamides is 1. The molecule has 0 fully saturated rings. The Labute approximate surface area is 125 Å². The van der Waals surface area contributed by atoms with Gasteiger partial charge in [-0.3, -0.25) is 10.00 Å². The van der Waals surface area contributed by atoms with Gasteiger partial charge in [0.2, 0.25) is 10.0 Å². The number of nitrogens with zero attached hydrogens (tertiary/aromatic N) is 2. The Morgan fingerprint density at radius 2 is 2.00 bits per heavy atom. The summed E-state index contributed by atoms with van der Waals surface area (Å²) in [6.45, 7) is 0. The van der Waals surface area contributed by atoms with Crippen LogP contribution in [0.3, 0.4) is 0 Å². The first-order valence-electron chi connectivity index (χ1n) is 5.66. The summed E-state index contributed by atoms with van der Waals surface area (Å²) in [4.78, 5) is 11.6. The zero-order valence-corrected chi connectivity index (χ0v) is 12.4. The number of para-hydroxylation sites is 1. The fourth-order valence-corrected chi connectivity index (χ4v) is 2.43. The second kappa shape index (κ2) is 5.72. The molecule has 0 spiro atoms. The van der Waals surface area contributed by atoms with Crippen molar-refractivity contribution < 1.29 is 13.2 Å². The molecule has 0 bridgehead atoms. The molecule has 2 aromatic rings. The number of hydrogen-bond donors (Lipinski definition) is 3. The molecule has 0 saturated heterocycles. The predicted octanol–water partition coefficient (Wildman–Crippen LogP) is 1.36. The minimum Gasteiger partial charge on any atom is -0.306 e. The SMILES string of the molecule is Cn1cc(S(N)(=O)=O)c(NC(=O)Nc2ccccc2Cl)n1. The van der Waals surface area contributed by atoms with Crippen molar-refractivity contribution in [3.05, 3.63) is 35.5 Å². The van der Waals surface area contributed by atoms with Crippen LogP contribution >= 0.6 is 11.6 Å². The van der Waals surface area contributed by atoms with Gasteiger partial charge in [0.25, 0.3) is 0 Å². The number of aromatic nitrogens is 2. The third-order valence-corrected chi connectivity index (χ3v) is 3.70. The van der Waals surface area contributed by atoms with Crippen molar-refractivity contribution in [3.63, 3.8) is 0 Å². The molecule has 2 amide bonds.